The molecule has 1 atom stereocenters. The molecule has 0 aliphatic rings. The van der Waals surface area contributed by atoms with Crippen molar-refractivity contribution in [1.29, 1.82) is 0 Å². The number of nitrogens with zero attached hydrogens (tertiary/aromatic N) is 1. The zero-order valence-corrected chi connectivity index (χ0v) is 11.7. The van der Waals surface area contributed by atoms with Gasteiger partial charge in [-0.15, -0.1) is 0 Å². The highest BCUT2D eigenvalue weighted by atomic mass is 16.3. The fourth-order valence-corrected chi connectivity index (χ4v) is 2.36. The molecule has 1 aromatic rings. The van der Waals surface area contributed by atoms with Crippen molar-refractivity contribution in [3.8, 4) is 5.75 Å². The van der Waals surface area contributed by atoms with Crippen LogP contribution < -0.4 is 0 Å². The Labute approximate surface area is 105 Å². The molecule has 1 aromatic carbocycles. The van der Waals surface area contributed by atoms with Crippen molar-refractivity contribution in [3.05, 3.63) is 29.8 Å². The molecule has 0 spiro atoms. The summed E-state index contributed by atoms with van der Waals surface area (Å²) < 4.78 is 0. The van der Waals surface area contributed by atoms with Crippen LogP contribution in [-0.4, -0.2) is 23.6 Å². The van der Waals surface area contributed by atoms with Gasteiger partial charge in [-0.2, -0.15) is 0 Å². The molecule has 17 heavy (non-hydrogen) atoms. The molecule has 2 nitrogen and oxygen atoms in total. The van der Waals surface area contributed by atoms with Crippen molar-refractivity contribution in [2.75, 3.05) is 13.6 Å². The van der Waals surface area contributed by atoms with Gasteiger partial charge in [0.15, 0.2) is 0 Å². The SMILES string of the molecule is CCC(c1ccc(O)cc1)N(C)CC(C)(C)C. The Morgan fingerprint density at radius 3 is 2.12 bits per heavy atom. The lowest BCUT2D eigenvalue weighted by Gasteiger charge is -2.33. The highest BCUT2D eigenvalue weighted by Gasteiger charge is 2.20. The zero-order chi connectivity index (χ0) is 13.1. The van der Waals surface area contributed by atoms with Gasteiger partial charge in [-0.3, -0.25) is 4.90 Å². The van der Waals surface area contributed by atoms with E-state index in [4.69, 9.17) is 0 Å². The van der Waals surface area contributed by atoms with Gasteiger partial charge in [0.05, 0.1) is 0 Å². The van der Waals surface area contributed by atoms with Crippen LogP contribution in [0.3, 0.4) is 0 Å². The number of phenolic OH excluding ortho intramolecular Hbond substituents is 1. The van der Waals surface area contributed by atoms with E-state index in [1.54, 1.807) is 12.1 Å². The fraction of sp³-hybridized carbons (Fsp3) is 0.600. The standard InChI is InChI=1S/C15H25NO/c1-6-14(16(5)11-15(2,3)4)12-7-9-13(17)10-8-12/h7-10,14,17H,6,11H2,1-5H3. The number of rotatable bonds is 4. The summed E-state index contributed by atoms with van der Waals surface area (Å²) in [6.07, 6.45) is 1.08. The van der Waals surface area contributed by atoms with Crippen LogP contribution >= 0.6 is 0 Å². The summed E-state index contributed by atoms with van der Waals surface area (Å²) in [7, 11) is 2.17. The predicted molar refractivity (Wildman–Crippen MR) is 73.2 cm³/mol. The number of hydrogen-bond acceptors (Lipinski definition) is 2. The summed E-state index contributed by atoms with van der Waals surface area (Å²) in [5, 5.41) is 9.32. The fourth-order valence-electron chi connectivity index (χ4n) is 2.36. The van der Waals surface area contributed by atoms with Gasteiger partial charge in [-0.1, -0.05) is 39.8 Å². The van der Waals surface area contributed by atoms with E-state index >= 15 is 0 Å². The van der Waals surface area contributed by atoms with Gasteiger partial charge < -0.3 is 5.11 Å². The molecule has 0 saturated heterocycles. The Bertz CT molecular complexity index is 337. The van der Waals surface area contributed by atoms with E-state index in [1.807, 2.05) is 12.1 Å². The summed E-state index contributed by atoms with van der Waals surface area (Å²) in [5.74, 6) is 0.335. The van der Waals surface area contributed by atoms with Gasteiger partial charge in [0, 0.05) is 12.6 Å². The average Bonchev–Trinajstić information content (AvgIpc) is 2.19. The lowest BCUT2D eigenvalue weighted by Crippen LogP contribution is -2.32. The normalized spacial score (nSPS) is 14.0. The molecule has 2 heteroatoms. The average molecular weight is 235 g/mol. The van der Waals surface area contributed by atoms with E-state index < -0.39 is 0 Å². The van der Waals surface area contributed by atoms with Gasteiger partial charge in [0.25, 0.3) is 0 Å². The summed E-state index contributed by atoms with van der Waals surface area (Å²) in [5.41, 5.74) is 1.58. The van der Waals surface area contributed by atoms with Crippen LogP contribution in [0.15, 0.2) is 24.3 Å². The van der Waals surface area contributed by atoms with Gasteiger partial charge in [-0.05, 0) is 36.6 Å². The van der Waals surface area contributed by atoms with E-state index in [1.165, 1.54) is 5.56 Å². The van der Waals surface area contributed by atoms with E-state index in [9.17, 15) is 5.11 Å². The van der Waals surface area contributed by atoms with Crippen molar-refractivity contribution in [2.45, 2.75) is 40.2 Å². The van der Waals surface area contributed by atoms with Crippen LogP contribution in [0.5, 0.6) is 5.75 Å². The Kier molecular flexibility index (Phi) is 4.58. The molecule has 1 N–H and O–H groups in total. The van der Waals surface area contributed by atoms with Gasteiger partial charge in [0.2, 0.25) is 0 Å². The maximum absolute atomic E-state index is 9.32. The molecule has 0 heterocycles. The highest BCUT2D eigenvalue weighted by Crippen LogP contribution is 2.27. The summed E-state index contributed by atoms with van der Waals surface area (Å²) in [6, 6.07) is 7.99. The Morgan fingerprint density at radius 1 is 1.18 bits per heavy atom. The molecule has 1 unspecified atom stereocenters. The maximum Gasteiger partial charge on any atom is 0.115 e. The second-order valence-corrected chi connectivity index (χ2v) is 5.99. The topological polar surface area (TPSA) is 23.5 Å². The Hall–Kier alpha value is -1.02. The third kappa shape index (κ3) is 4.39. The first-order valence-corrected chi connectivity index (χ1v) is 6.32. The lowest BCUT2D eigenvalue weighted by atomic mass is 9.94. The smallest absolute Gasteiger partial charge is 0.115 e. The van der Waals surface area contributed by atoms with E-state index in [0.29, 0.717) is 17.2 Å². The maximum atomic E-state index is 9.32. The Morgan fingerprint density at radius 2 is 1.71 bits per heavy atom. The van der Waals surface area contributed by atoms with Crippen LogP contribution in [0.2, 0.25) is 0 Å². The monoisotopic (exact) mass is 235 g/mol. The van der Waals surface area contributed by atoms with Crippen molar-refractivity contribution >= 4 is 0 Å². The zero-order valence-electron chi connectivity index (χ0n) is 11.7. The van der Waals surface area contributed by atoms with E-state index in [2.05, 4.69) is 39.6 Å². The van der Waals surface area contributed by atoms with Crippen LogP contribution in [0, 0.1) is 5.41 Å². The predicted octanol–water partition coefficient (Wildman–Crippen LogP) is 3.82. The first kappa shape index (κ1) is 14.0. The number of benzene rings is 1. The number of hydrogen-bond donors (Lipinski definition) is 1. The molecule has 0 saturated carbocycles. The molecule has 0 radical (unpaired) electrons. The minimum absolute atomic E-state index is 0.305. The largest absolute Gasteiger partial charge is 0.508 e. The van der Waals surface area contributed by atoms with Crippen LogP contribution in [0.1, 0.15) is 45.7 Å². The van der Waals surface area contributed by atoms with Gasteiger partial charge >= 0.3 is 0 Å². The van der Waals surface area contributed by atoms with Gasteiger partial charge in [-0.25, -0.2) is 0 Å². The summed E-state index contributed by atoms with van der Waals surface area (Å²) in [6.45, 7) is 10.0. The first-order valence-electron chi connectivity index (χ1n) is 6.32. The van der Waals surface area contributed by atoms with Gasteiger partial charge in [0.1, 0.15) is 5.75 Å². The second kappa shape index (κ2) is 5.54. The van der Waals surface area contributed by atoms with E-state index in [-0.39, 0.29) is 0 Å². The molecule has 0 aromatic heterocycles. The van der Waals surface area contributed by atoms with E-state index in [0.717, 1.165) is 13.0 Å². The molecule has 0 bridgehead atoms. The molecule has 0 amide bonds. The highest BCUT2D eigenvalue weighted by molar-refractivity contribution is 5.28. The molecular formula is C15H25NO. The van der Waals surface area contributed by atoms with Crippen molar-refractivity contribution in [2.24, 2.45) is 5.41 Å². The molecule has 1 rings (SSSR count). The lowest BCUT2D eigenvalue weighted by molar-refractivity contribution is 0.168. The minimum atomic E-state index is 0.305. The van der Waals surface area contributed by atoms with Crippen LogP contribution in [0.4, 0.5) is 0 Å². The molecule has 0 fully saturated rings. The molecule has 96 valence electrons. The van der Waals surface area contributed by atoms with Crippen molar-refractivity contribution < 1.29 is 5.11 Å². The quantitative estimate of drug-likeness (QED) is 0.857. The molecular weight excluding hydrogens is 210 g/mol. The summed E-state index contributed by atoms with van der Waals surface area (Å²) >= 11 is 0. The summed E-state index contributed by atoms with van der Waals surface area (Å²) in [4.78, 5) is 2.40. The number of aromatic hydroxyl groups is 1. The third-order valence-corrected chi connectivity index (χ3v) is 2.92. The first-order chi connectivity index (χ1) is 7.83. The van der Waals surface area contributed by atoms with Crippen molar-refractivity contribution in [1.82, 2.24) is 4.90 Å². The second-order valence-electron chi connectivity index (χ2n) is 5.99. The molecule has 0 aliphatic carbocycles. The Balaban J connectivity index is 2.80. The molecule has 0 aliphatic heterocycles. The van der Waals surface area contributed by atoms with Crippen LogP contribution in [0.25, 0.3) is 0 Å². The van der Waals surface area contributed by atoms with Crippen molar-refractivity contribution in [3.63, 3.8) is 0 Å². The van der Waals surface area contributed by atoms with Crippen LogP contribution in [-0.2, 0) is 0 Å². The number of phenols is 1. The third-order valence-electron chi connectivity index (χ3n) is 2.92. The minimum Gasteiger partial charge on any atom is -0.508 e.